The summed E-state index contributed by atoms with van der Waals surface area (Å²) >= 11 is 0. The van der Waals surface area contributed by atoms with Gasteiger partial charge in [-0.2, -0.15) is 13.2 Å². The number of nitrogens with one attached hydrogen (secondary N) is 1. The zero-order valence-corrected chi connectivity index (χ0v) is 20.5. The molecule has 0 saturated carbocycles. The van der Waals surface area contributed by atoms with Gasteiger partial charge in [0.15, 0.2) is 0 Å². The van der Waals surface area contributed by atoms with Crippen molar-refractivity contribution in [3.8, 4) is 11.5 Å². The van der Waals surface area contributed by atoms with Crippen molar-refractivity contribution in [1.82, 2.24) is 14.5 Å². The summed E-state index contributed by atoms with van der Waals surface area (Å²) < 4.78 is 75.2. The number of halogens is 3. The quantitative estimate of drug-likeness (QED) is 0.573. The average Bonchev–Trinajstić information content (AvgIpc) is 3.34. The summed E-state index contributed by atoms with van der Waals surface area (Å²) in [4.78, 5) is 25.8. The van der Waals surface area contributed by atoms with Crippen LogP contribution in [-0.2, 0) is 21.0 Å². The maximum atomic E-state index is 13.8. The Kier molecular flexibility index (Phi) is 7.64. The van der Waals surface area contributed by atoms with Crippen molar-refractivity contribution in [3.05, 3.63) is 54.1 Å². The molecule has 2 aromatic rings. The van der Waals surface area contributed by atoms with Crippen LogP contribution in [-0.4, -0.2) is 67.0 Å². The summed E-state index contributed by atoms with van der Waals surface area (Å²) in [6.45, 7) is 0.594. The van der Waals surface area contributed by atoms with Crippen LogP contribution in [0, 0.1) is 0 Å². The fourth-order valence-electron chi connectivity index (χ4n) is 4.62. The number of piperidine rings is 1. The van der Waals surface area contributed by atoms with E-state index in [1.54, 1.807) is 30.3 Å². The lowest BCUT2D eigenvalue weighted by molar-refractivity contribution is -0.140. The second-order valence-electron chi connectivity index (χ2n) is 8.93. The zero-order valence-electron chi connectivity index (χ0n) is 19.6. The van der Waals surface area contributed by atoms with Crippen LogP contribution in [0.1, 0.15) is 31.2 Å². The zero-order chi connectivity index (χ0) is 26.8. The van der Waals surface area contributed by atoms with Gasteiger partial charge in [0.1, 0.15) is 17.5 Å². The Labute approximate surface area is 211 Å². The van der Waals surface area contributed by atoms with Crippen molar-refractivity contribution in [3.63, 3.8) is 0 Å². The number of carbonyl (C=O) groups is 2. The van der Waals surface area contributed by atoms with Crippen molar-refractivity contribution >= 4 is 22.0 Å². The average molecular weight is 542 g/mol. The number of benzene rings is 2. The summed E-state index contributed by atoms with van der Waals surface area (Å²) in [5.74, 6) is -0.198. The molecule has 200 valence electrons. The number of carbonyl (C=O) groups excluding carboxylic acids is 1. The van der Waals surface area contributed by atoms with Gasteiger partial charge >= 0.3 is 12.3 Å². The number of ether oxygens (including phenoxy) is 1. The first kappa shape index (κ1) is 26.7. The molecule has 37 heavy (non-hydrogen) atoms. The second-order valence-corrected chi connectivity index (χ2v) is 10.6. The van der Waals surface area contributed by atoms with Crippen LogP contribution >= 0.6 is 0 Å². The number of nitrogens with zero attached hydrogens (tertiary/aromatic N) is 2. The number of sulfonamides is 1. The molecule has 2 saturated heterocycles. The Bertz CT molecular complexity index is 1250. The highest BCUT2D eigenvalue weighted by Gasteiger charge is 2.40. The van der Waals surface area contributed by atoms with Crippen molar-refractivity contribution in [2.24, 2.45) is 0 Å². The number of hydrogen-bond donors (Lipinski definition) is 2. The smallest absolute Gasteiger partial charge is 0.417 e. The van der Waals surface area contributed by atoms with Gasteiger partial charge in [-0.15, -0.1) is 0 Å². The standard InChI is InChI=1S/C24H26F3N3O6S/c25-24(26,27)19-15-18(36-17-5-2-1-3-6-17)8-9-21(19)37(34,35)28-16-10-13-29(14-11-16)22(31)20-7-4-12-30(20)23(32)33/h1-3,5-6,8-9,15-16,20,28H,4,7,10-14H2,(H,32,33)/t20-/m0/s1. The van der Waals surface area contributed by atoms with Crippen LogP contribution in [0.4, 0.5) is 18.0 Å². The van der Waals surface area contributed by atoms with Crippen LogP contribution in [0.15, 0.2) is 53.4 Å². The monoisotopic (exact) mass is 541 g/mol. The maximum Gasteiger partial charge on any atom is 0.417 e. The number of rotatable bonds is 6. The molecule has 13 heteroatoms. The molecule has 2 aromatic carbocycles. The molecule has 0 aliphatic carbocycles. The van der Waals surface area contributed by atoms with Crippen LogP contribution in [0.2, 0.25) is 0 Å². The van der Waals surface area contributed by atoms with Gasteiger partial charge in [-0.05, 0) is 56.0 Å². The van der Waals surface area contributed by atoms with E-state index in [4.69, 9.17) is 4.74 Å². The molecular weight excluding hydrogens is 515 g/mol. The van der Waals surface area contributed by atoms with Gasteiger partial charge in [-0.25, -0.2) is 17.9 Å². The van der Waals surface area contributed by atoms with Gasteiger partial charge in [0.2, 0.25) is 15.9 Å². The molecule has 4 rings (SSSR count). The van der Waals surface area contributed by atoms with Crippen molar-refractivity contribution in [1.29, 1.82) is 0 Å². The number of carboxylic acid groups (broad SMARTS) is 1. The predicted molar refractivity (Wildman–Crippen MR) is 126 cm³/mol. The Balaban J connectivity index is 1.44. The molecule has 0 radical (unpaired) electrons. The molecule has 2 fully saturated rings. The summed E-state index contributed by atoms with van der Waals surface area (Å²) in [5.41, 5.74) is -1.35. The van der Waals surface area contributed by atoms with Crippen LogP contribution < -0.4 is 9.46 Å². The van der Waals surface area contributed by atoms with E-state index in [1.807, 2.05) is 0 Å². The Morgan fingerprint density at radius 1 is 0.973 bits per heavy atom. The van der Waals surface area contributed by atoms with Crippen molar-refractivity contribution in [2.45, 2.75) is 48.8 Å². The number of hydrogen-bond acceptors (Lipinski definition) is 5. The number of amides is 2. The second kappa shape index (κ2) is 10.6. The van der Waals surface area contributed by atoms with E-state index in [0.717, 1.165) is 17.0 Å². The van der Waals surface area contributed by atoms with Crippen molar-refractivity contribution in [2.75, 3.05) is 19.6 Å². The van der Waals surface area contributed by atoms with Crippen LogP contribution in [0.25, 0.3) is 0 Å². The molecule has 0 spiro atoms. The maximum absolute atomic E-state index is 13.8. The third-order valence-corrected chi connectivity index (χ3v) is 8.02. The highest BCUT2D eigenvalue weighted by atomic mass is 32.2. The van der Waals surface area contributed by atoms with Gasteiger partial charge in [-0.1, -0.05) is 18.2 Å². The van der Waals surface area contributed by atoms with Gasteiger partial charge in [-0.3, -0.25) is 9.69 Å². The van der Waals surface area contributed by atoms with Crippen molar-refractivity contribution < 1.29 is 41.0 Å². The lowest BCUT2D eigenvalue weighted by atomic mass is 10.0. The first-order valence-corrected chi connectivity index (χ1v) is 13.2. The van der Waals surface area contributed by atoms with Crippen LogP contribution in [0.5, 0.6) is 11.5 Å². The largest absolute Gasteiger partial charge is 0.465 e. The van der Waals surface area contributed by atoms with E-state index in [1.165, 1.54) is 4.90 Å². The SMILES string of the molecule is O=C([C@@H]1CCCN1C(=O)O)N1CCC(NS(=O)(=O)c2ccc(Oc3ccccc3)cc2C(F)(F)F)CC1. The van der Waals surface area contributed by atoms with E-state index in [0.29, 0.717) is 24.7 Å². The number of alkyl halides is 3. The minimum atomic E-state index is -4.95. The number of para-hydroxylation sites is 1. The van der Waals surface area contributed by atoms with E-state index in [-0.39, 0.29) is 44.1 Å². The van der Waals surface area contributed by atoms with Gasteiger partial charge in [0.25, 0.3) is 0 Å². The summed E-state index contributed by atoms with van der Waals surface area (Å²) in [5, 5.41) is 9.27. The fourth-order valence-corrected chi connectivity index (χ4v) is 6.13. The molecule has 2 amide bonds. The topological polar surface area (TPSA) is 116 Å². The minimum Gasteiger partial charge on any atom is -0.465 e. The molecular formula is C24H26F3N3O6S. The van der Waals surface area contributed by atoms with E-state index >= 15 is 0 Å². The molecule has 2 aliphatic rings. The third-order valence-electron chi connectivity index (χ3n) is 6.44. The summed E-state index contributed by atoms with van der Waals surface area (Å²) in [6.07, 6.45) is -4.76. The van der Waals surface area contributed by atoms with Gasteiger partial charge in [0.05, 0.1) is 10.5 Å². The predicted octanol–water partition coefficient (Wildman–Crippen LogP) is 3.91. The third kappa shape index (κ3) is 6.16. The molecule has 0 bridgehead atoms. The lowest BCUT2D eigenvalue weighted by Gasteiger charge is -2.35. The lowest BCUT2D eigenvalue weighted by Crippen LogP contribution is -2.52. The normalized spacial score (nSPS) is 19.2. The van der Waals surface area contributed by atoms with E-state index in [9.17, 15) is 36.3 Å². The fraction of sp³-hybridized carbons (Fsp3) is 0.417. The molecule has 0 unspecified atom stereocenters. The van der Waals surface area contributed by atoms with E-state index in [2.05, 4.69) is 4.72 Å². The van der Waals surface area contributed by atoms with E-state index < -0.39 is 44.8 Å². The molecule has 9 nitrogen and oxygen atoms in total. The highest BCUT2D eigenvalue weighted by molar-refractivity contribution is 7.89. The van der Waals surface area contributed by atoms with Gasteiger partial charge in [0, 0.05) is 25.7 Å². The molecule has 2 heterocycles. The number of likely N-dealkylation sites (tertiary alicyclic amines) is 2. The Hall–Kier alpha value is -3.32. The molecule has 1 atom stereocenters. The van der Waals surface area contributed by atoms with Gasteiger partial charge < -0.3 is 14.7 Å². The Morgan fingerprint density at radius 3 is 2.27 bits per heavy atom. The summed E-state index contributed by atoms with van der Waals surface area (Å²) in [7, 11) is -4.55. The molecule has 2 aliphatic heterocycles. The highest BCUT2D eigenvalue weighted by Crippen LogP contribution is 2.37. The van der Waals surface area contributed by atoms with Crippen LogP contribution in [0.3, 0.4) is 0 Å². The first-order chi connectivity index (χ1) is 17.5. The molecule has 2 N–H and O–H groups in total. The first-order valence-electron chi connectivity index (χ1n) is 11.7. The Morgan fingerprint density at radius 2 is 1.65 bits per heavy atom. The minimum absolute atomic E-state index is 0.159. The summed E-state index contributed by atoms with van der Waals surface area (Å²) in [6, 6.07) is 9.36. The molecule has 0 aromatic heterocycles.